The van der Waals surface area contributed by atoms with Crippen LogP contribution in [0.15, 0.2) is 42.5 Å². The molecular formula is C22H19F6N3O3S. The molecule has 0 radical (unpaired) electrons. The van der Waals surface area contributed by atoms with Crippen molar-refractivity contribution < 1.29 is 39.6 Å². The SMILES string of the molecule is N#CC1(NC(=O)[C@H](CS(=O)(=O)Cc2c(F)cccc2F)N[C@@H](c2ccc(F)cc2)C(F)(F)F)CC1. The number of benzene rings is 2. The molecule has 2 N–H and O–H groups in total. The minimum Gasteiger partial charge on any atom is -0.336 e. The molecule has 3 rings (SSSR count). The van der Waals surface area contributed by atoms with Crippen molar-refractivity contribution >= 4 is 15.7 Å². The number of carbonyl (C=O) groups is 1. The topological polar surface area (TPSA) is 99.1 Å². The number of nitriles is 1. The van der Waals surface area contributed by atoms with Crippen molar-refractivity contribution in [2.75, 3.05) is 5.75 Å². The molecule has 35 heavy (non-hydrogen) atoms. The number of hydrogen-bond donors (Lipinski definition) is 2. The fraction of sp³-hybridized carbons (Fsp3) is 0.364. The van der Waals surface area contributed by atoms with E-state index in [-0.39, 0.29) is 12.8 Å². The van der Waals surface area contributed by atoms with Gasteiger partial charge in [-0.2, -0.15) is 18.4 Å². The summed E-state index contributed by atoms with van der Waals surface area (Å²) in [6.07, 6.45) is -4.60. The second kappa shape index (κ2) is 9.87. The molecule has 2 atom stereocenters. The number of nitrogens with zero attached hydrogens (tertiary/aromatic N) is 1. The maximum Gasteiger partial charge on any atom is 0.407 e. The molecule has 0 spiro atoms. The van der Waals surface area contributed by atoms with Gasteiger partial charge in [-0.15, -0.1) is 0 Å². The van der Waals surface area contributed by atoms with Crippen LogP contribution in [0.3, 0.4) is 0 Å². The highest BCUT2D eigenvalue weighted by Crippen LogP contribution is 2.36. The van der Waals surface area contributed by atoms with Gasteiger partial charge in [-0.05, 0) is 42.7 Å². The Kier molecular flexibility index (Phi) is 7.47. The Morgan fingerprint density at radius 2 is 1.63 bits per heavy atom. The maximum absolute atomic E-state index is 14.0. The number of halogens is 6. The second-order valence-electron chi connectivity index (χ2n) is 8.18. The zero-order valence-corrected chi connectivity index (χ0v) is 18.7. The van der Waals surface area contributed by atoms with Crippen molar-refractivity contribution in [1.29, 1.82) is 5.26 Å². The molecule has 188 valence electrons. The lowest BCUT2D eigenvalue weighted by molar-refractivity contribution is -0.160. The van der Waals surface area contributed by atoms with E-state index in [1.54, 1.807) is 6.07 Å². The molecule has 1 aliphatic carbocycles. The largest absolute Gasteiger partial charge is 0.407 e. The summed E-state index contributed by atoms with van der Waals surface area (Å²) in [4.78, 5) is 12.8. The fourth-order valence-corrected chi connectivity index (χ4v) is 4.94. The summed E-state index contributed by atoms with van der Waals surface area (Å²) in [5, 5.41) is 13.4. The monoisotopic (exact) mass is 519 g/mol. The summed E-state index contributed by atoms with van der Waals surface area (Å²) in [6.45, 7) is 0. The van der Waals surface area contributed by atoms with E-state index in [0.717, 1.165) is 42.5 Å². The summed E-state index contributed by atoms with van der Waals surface area (Å²) in [7, 11) is -4.56. The lowest BCUT2D eigenvalue weighted by Crippen LogP contribution is -2.54. The fourth-order valence-electron chi connectivity index (χ4n) is 3.35. The van der Waals surface area contributed by atoms with Crippen LogP contribution in [0.1, 0.15) is 30.0 Å². The van der Waals surface area contributed by atoms with Crippen LogP contribution in [-0.2, 0) is 20.4 Å². The van der Waals surface area contributed by atoms with E-state index >= 15 is 0 Å². The Hall–Kier alpha value is -3.11. The molecule has 1 fully saturated rings. The number of amides is 1. The Morgan fingerprint density at radius 1 is 1.06 bits per heavy atom. The predicted octanol–water partition coefficient (Wildman–Crippen LogP) is 3.45. The molecule has 0 aromatic heterocycles. The average Bonchev–Trinajstić information content (AvgIpc) is 3.53. The number of nitrogens with one attached hydrogen (secondary N) is 2. The molecule has 0 aliphatic heterocycles. The van der Waals surface area contributed by atoms with Crippen LogP contribution in [0.25, 0.3) is 0 Å². The Labute approximate surface area is 196 Å². The van der Waals surface area contributed by atoms with Crippen LogP contribution < -0.4 is 10.6 Å². The Morgan fingerprint density at radius 3 is 2.11 bits per heavy atom. The molecule has 1 aliphatic rings. The van der Waals surface area contributed by atoms with Crippen molar-refractivity contribution in [2.24, 2.45) is 0 Å². The number of sulfone groups is 1. The maximum atomic E-state index is 14.0. The van der Waals surface area contributed by atoms with E-state index in [0.29, 0.717) is 0 Å². The third-order valence-electron chi connectivity index (χ3n) is 5.39. The van der Waals surface area contributed by atoms with Gasteiger partial charge in [0.2, 0.25) is 5.91 Å². The van der Waals surface area contributed by atoms with Gasteiger partial charge in [0, 0.05) is 5.56 Å². The molecule has 0 bridgehead atoms. The van der Waals surface area contributed by atoms with Gasteiger partial charge in [0.1, 0.15) is 35.1 Å². The van der Waals surface area contributed by atoms with Gasteiger partial charge in [0.05, 0.1) is 17.6 Å². The highest BCUT2D eigenvalue weighted by molar-refractivity contribution is 7.90. The molecule has 1 amide bonds. The third-order valence-corrected chi connectivity index (χ3v) is 6.96. The zero-order valence-electron chi connectivity index (χ0n) is 17.9. The van der Waals surface area contributed by atoms with Crippen LogP contribution >= 0.6 is 0 Å². The second-order valence-corrected chi connectivity index (χ2v) is 10.3. The number of alkyl halides is 3. The van der Waals surface area contributed by atoms with Crippen molar-refractivity contribution in [3.63, 3.8) is 0 Å². The van der Waals surface area contributed by atoms with E-state index < -0.39 is 79.6 Å². The standard InChI is InChI=1S/C22H19F6N3O3S/c23-14-6-4-13(5-7-14)19(22(26,27)28)30-18(20(32)31-21(12-29)8-9-21)11-35(33,34)10-15-16(24)2-1-3-17(15)25/h1-7,18-19,30H,8-11H2,(H,31,32)/t18-,19-/m0/s1. The first-order valence-electron chi connectivity index (χ1n) is 10.2. The van der Waals surface area contributed by atoms with Gasteiger partial charge >= 0.3 is 6.18 Å². The van der Waals surface area contributed by atoms with Crippen LogP contribution in [0, 0.1) is 28.8 Å². The lowest BCUT2D eigenvalue weighted by Gasteiger charge is -2.28. The Balaban J connectivity index is 1.93. The lowest BCUT2D eigenvalue weighted by atomic mass is 10.0. The van der Waals surface area contributed by atoms with Crippen LogP contribution in [0.5, 0.6) is 0 Å². The quantitative estimate of drug-likeness (QED) is 0.495. The number of rotatable bonds is 9. The molecule has 6 nitrogen and oxygen atoms in total. The van der Waals surface area contributed by atoms with Gasteiger partial charge in [-0.3, -0.25) is 10.1 Å². The minimum absolute atomic E-state index is 0.218. The average molecular weight is 519 g/mol. The molecule has 1 saturated carbocycles. The predicted molar refractivity (Wildman–Crippen MR) is 112 cm³/mol. The van der Waals surface area contributed by atoms with Gasteiger partial charge in [0.15, 0.2) is 9.84 Å². The molecule has 13 heteroatoms. The summed E-state index contributed by atoms with van der Waals surface area (Å²) in [6, 6.07) is 2.95. The Bertz CT molecular complexity index is 1220. The highest BCUT2D eigenvalue weighted by atomic mass is 32.2. The summed E-state index contributed by atoms with van der Waals surface area (Å²) in [5.74, 6) is -6.86. The van der Waals surface area contributed by atoms with Gasteiger partial charge in [-0.1, -0.05) is 18.2 Å². The molecule has 2 aromatic rings. The molecular weight excluding hydrogens is 500 g/mol. The van der Waals surface area contributed by atoms with E-state index in [1.807, 2.05) is 5.32 Å². The van der Waals surface area contributed by atoms with Crippen LogP contribution in [0.2, 0.25) is 0 Å². The summed E-state index contributed by atoms with van der Waals surface area (Å²) >= 11 is 0. The number of carbonyl (C=O) groups excluding carboxylic acids is 1. The van der Waals surface area contributed by atoms with Crippen LogP contribution in [0.4, 0.5) is 26.3 Å². The first-order valence-corrected chi connectivity index (χ1v) is 12.0. The van der Waals surface area contributed by atoms with Crippen molar-refractivity contribution in [2.45, 2.75) is 42.4 Å². The van der Waals surface area contributed by atoms with E-state index in [4.69, 9.17) is 0 Å². The first kappa shape index (κ1) is 26.5. The van der Waals surface area contributed by atoms with Crippen LogP contribution in [-0.4, -0.2) is 37.8 Å². The minimum atomic E-state index is -5.04. The smallest absolute Gasteiger partial charge is 0.336 e. The molecule has 2 aromatic carbocycles. The number of hydrogen-bond acceptors (Lipinski definition) is 5. The summed E-state index contributed by atoms with van der Waals surface area (Å²) in [5.41, 5.74) is -2.66. The van der Waals surface area contributed by atoms with Crippen molar-refractivity contribution in [1.82, 2.24) is 10.6 Å². The van der Waals surface area contributed by atoms with Crippen molar-refractivity contribution in [3.8, 4) is 6.07 Å². The highest BCUT2D eigenvalue weighted by Gasteiger charge is 2.48. The van der Waals surface area contributed by atoms with E-state index in [1.165, 1.54) is 0 Å². The van der Waals surface area contributed by atoms with Gasteiger partial charge in [0.25, 0.3) is 0 Å². The van der Waals surface area contributed by atoms with Gasteiger partial charge < -0.3 is 5.32 Å². The normalized spacial score (nSPS) is 16.7. The van der Waals surface area contributed by atoms with E-state index in [9.17, 15) is 44.8 Å². The van der Waals surface area contributed by atoms with Crippen molar-refractivity contribution in [3.05, 3.63) is 71.0 Å². The molecule has 0 saturated heterocycles. The summed E-state index contributed by atoms with van der Waals surface area (Å²) < 4.78 is 108. The first-order chi connectivity index (χ1) is 16.3. The zero-order chi connectivity index (χ0) is 26.0. The van der Waals surface area contributed by atoms with E-state index in [2.05, 4.69) is 5.32 Å². The third kappa shape index (κ3) is 6.73. The molecule has 0 unspecified atom stereocenters. The van der Waals surface area contributed by atoms with Gasteiger partial charge in [-0.25, -0.2) is 21.6 Å². The molecule has 0 heterocycles.